The van der Waals surface area contributed by atoms with E-state index in [4.69, 9.17) is 0 Å². The molecule has 0 unspecified atom stereocenters. The number of rotatable bonds is 16. The first kappa shape index (κ1) is 22.6. The molecule has 0 spiro atoms. The van der Waals surface area contributed by atoms with Gasteiger partial charge in [0.25, 0.3) is 0 Å². The van der Waals surface area contributed by atoms with E-state index in [1.807, 2.05) is 6.20 Å². The van der Waals surface area contributed by atoms with Gasteiger partial charge in [-0.2, -0.15) is 0 Å². The van der Waals surface area contributed by atoms with E-state index in [2.05, 4.69) is 39.7 Å². The number of hydrogen-bond acceptors (Lipinski definition) is 3. The number of hydrogen-bond donors (Lipinski definition) is 3. The van der Waals surface area contributed by atoms with Crippen molar-refractivity contribution in [2.45, 2.75) is 76.3 Å². The molecule has 26 heavy (non-hydrogen) atoms. The average Bonchev–Trinajstić information content (AvgIpc) is 3.16. The van der Waals surface area contributed by atoms with Crippen LogP contribution < -0.4 is 10.6 Å². The molecule has 1 heterocycles. The van der Waals surface area contributed by atoms with Crippen molar-refractivity contribution in [3.63, 3.8) is 0 Å². The third-order valence-electron chi connectivity index (χ3n) is 4.04. The molecule has 0 aliphatic carbocycles. The Bertz CT molecular complexity index is 462. The van der Waals surface area contributed by atoms with E-state index in [1.54, 1.807) is 18.0 Å². The van der Waals surface area contributed by atoms with Crippen molar-refractivity contribution in [2.24, 2.45) is 0 Å². The van der Waals surface area contributed by atoms with Crippen molar-refractivity contribution < 1.29 is 4.79 Å². The average molecular weight is 381 g/mol. The van der Waals surface area contributed by atoms with E-state index in [9.17, 15) is 4.79 Å². The quantitative estimate of drug-likeness (QED) is 0.208. The Morgan fingerprint density at radius 3 is 2.38 bits per heavy atom. The smallest absolute Gasteiger partial charge is 0.314 e. The first-order chi connectivity index (χ1) is 12.8. The molecule has 0 radical (unpaired) electrons. The van der Waals surface area contributed by atoms with Crippen LogP contribution in [0.4, 0.5) is 4.79 Å². The molecule has 0 aromatic carbocycles. The molecule has 0 aliphatic heterocycles. The summed E-state index contributed by atoms with van der Waals surface area (Å²) >= 11 is 1.80. The lowest BCUT2D eigenvalue weighted by Crippen LogP contribution is -2.36. The molecule has 1 aromatic rings. The summed E-state index contributed by atoms with van der Waals surface area (Å²) in [4.78, 5) is 18.8. The highest BCUT2D eigenvalue weighted by Crippen LogP contribution is 2.14. The first-order valence-electron chi connectivity index (χ1n) is 10.1. The Labute approximate surface area is 163 Å². The van der Waals surface area contributed by atoms with Crippen molar-refractivity contribution >= 4 is 17.8 Å². The summed E-state index contributed by atoms with van der Waals surface area (Å²) in [5.41, 5.74) is 0. The lowest BCUT2D eigenvalue weighted by Gasteiger charge is -2.06. The van der Waals surface area contributed by atoms with Crippen LogP contribution in [0.5, 0.6) is 0 Å². The third-order valence-corrected chi connectivity index (χ3v) is 5.03. The van der Waals surface area contributed by atoms with E-state index in [0.717, 1.165) is 49.7 Å². The van der Waals surface area contributed by atoms with Crippen LogP contribution in [0.3, 0.4) is 0 Å². The number of allylic oxidation sites excluding steroid dienone is 2. The predicted octanol–water partition coefficient (Wildman–Crippen LogP) is 5.28. The Morgan fingerprint density at radius 1 is 1.04 bits per heavy atom. The molecule has 0 atom stereocenters. The number of carbonyl (C=O) groups is 1. The largest absolute Gasteiger partial charge is 0.340 e. The molecule has 0 bridgehead atoms. The Balaban J connectivity index is 1.78. The first-order valence-corrected chi connectivity index (χ1v) is 11.1. The molecule has 1 aromatic heterocycles. The molecule has 0 fully saturated rings. The van der Waals surface area contributed by atoms with Gasteiger partial charge in [-0.05, 0) is 44.9 Å². The molecule has 6 heteroatoms. The van der Waals surface area contributed by atoms with Gasteiger partial charge in [0.1, 0.15) is 0 Å². The zero-order valence-corrected chi connectivity index (χ0v) is 17.1. The molecule has 0 saturated carbocycles. The van der Waals surface area contributed by atoms with Gasteiger partial charge in [-0.3, -0.25) is 0 Å². The van der Waals surface area contributed by atoms with E-state index in [1.165, 1.54) is 38.5 Å². The highest BCUT2D eigenvalue weighted by molar-refractivity contribution is 7.99. The second-order valence-corrected chi connectivity index (χ2v) is 7.53. The number of nitrogens with zero attached hydrogens (tertiary/aromatic N) is 1. The van der Waals surface area contributed by atoms with Gasteiger partial charge in [-0.15, -0.1) is 0 Å². The number of aromatic nitrogens is 2. The number of nitrogens with one attached hydrogen (secondary N) is 3. The predicted molar refractivity (Wildman–Crippen MR) is 112 cm³/mol. The van der Waals surface area contributed by atoms with Crippen LogP contribution in [0.15, 0.2) is 29.7 Å². The molecule has 5 nitrogen and oxygen atoms in total. The van der Waals surface area contributed by atoms with Crippen LogP contribution in [0.2, 0.25) is 0 Å². The fourth-order valence-electron chi connectivity index (χ4n) is 2.50. The zero-order valence-electron chi connectivity index (χ0n) is 16.3. The van der Waals surface area contributed by atoms with E-state index in [0.29, 0.717) is 0 Å². The van der Waals surface area contributed by atoms with E-state index < -0.39 is 0 Å². The normalized spacial score (nSPS) is 11.1. The topological polar surface area (TPSA) is 69.8 Å². The van der Waals surface area contributed by atoms with Gasteiger partial charge in [-0.25, -0.2) is 9.78 Å². The molecule has 3 N–H and O–H groups in total. The summed E-state index contributed by atoms with van der Waals surface area (Å²) in [5, 5.41) is 6.83. The van der Waals surface area contributed by atoms with Crippen molar-refractivity contribution in [3.05, 3.63) is 24.5 Å². The lowest BCUT2D eigenvalue weighted by molar-refractivity contribution is 0.240. The van der Waals surface area contributed by atoms with Crippen LogP contribution in [0.1, 0.15) is 71.1 Å². The Morgan fingerprint density at radius 2 is 1.73 bits per heavy atom. The van der Waals surface area contributed by atoms with Crippen molar-refractivity contribution in [2.75, 3.05) is 18.8 Å². The standard InChI is InChI=1S/C20H36N4OS/c1-2-3-11-14-21-19(25)22-15-12-9-7-5-4-6-8-10-13-18-26-20-23-16-17-24-20/h4-5,16-17H,2-3,6-15,18H2,1H3,(H,23,24)(H2,21,22,25)/b5-4-. The number of imidazole rings is 1. The number of amides is 2. The number of H-pyrrole nitrogens is 1. The van der Waals surface area contributed by atoms with Crippen LogP contribution in [0, 0.1) is 0 Å². The maximum Gasteiger partial charge on any atom is 0.314 e. The summed E-state index contributed by atoms with van der Waals surface area (Å²) in [5.74, 6) is 1.14. The fourth-order valence-corrected chi connectivity index (χ4v) is 3.33. The molecule has 0 saturated heterocycles. The second-order valence-electron chi connectivity index (χ2n) is 6.45. The molecule has 148 valence electrons. The van der Waals surface area contributed by atoms with E-state index in [-0.39, 0.29) is 6.03 Å². The molecular weight excluding hydrogens is 344 g/mol. The minimum Gasteiger partial charge on any atom is -0.340 e. The molecule has 0 aliphatic rings. The zero-order chi connectivity index (χ0) is 18.7. The van der Waals surface area contributed by atoms with Gasteiger partial charge in [-0.1, -0.05) is 50.1 Å². The number of urea groups is 1. The van der Waals surface area contributed by atoms with E-state index >= 15 is 0 Å². The van der Waals surface area contributed by atoms with Crippen LogP contribution in [-0.4, -0.2) is 34.8 Å². The SMILES string of the molecule is CCCCCNC(=O)NCCCC/C=C\CCCCCSc1ncc[nH]1. The van der Waals surface area contributed by atoms with Crippen molar-refractivity contribution in [3.8, 4) is 0 Å². The summed E-state index contributed by atoms with van der Waals surface area (Å²) < 4.78 is 0. The Hall–Kier alpha value is -1.43. The maximum absolute atomic E-state index is 11.5. The highest BCUT2D eigenvalue weighted by atomic mass is 32.2. The minimum absolute atomic E-state index is 0.0261. The molecule has 1 rings (SSSR count). The summed E-state index contributed by atoms with van der Waals surface area (Å²) in [6, 6.07) is -0.0261. The van der Waals surface area contributed by atoms with Crippen molar-refractivity contribution in [1.29, 1.82) is 0 Å². The highest BCUT2D eigenvalue weighted by Gasteiger charge is 1.97. The van der Waals surface area contributed by atoms with Gasteiger partial charge >= 0.3 is 6.03 Å². The van der Waals surface area contributed by atoms with Gasteiger partial charge in [0.2, 0.25) is 0 Å². The molecule has 2 amide bonds. The number of aromatic amines is 1. The van der Waals surface area contributed by atoms with Gasteiger partial charge in [0.05, 0.1) is 0 Å². The Kier molecular flexibility index (Phi) is 14.8. The van der Waals surface area contributed by atoms with Crippen molar-refractivity contribution in [1.82, 2.24) is 20.6 Å². The maximum atomic E-state index is 11.5. The number of carbonyl (C=O) groups excluding carboxylic acids is 1. The van der Waals surface area contributed by atoms with Gasteiger partial charge in [0.15, 0.2) is 5.16 Å². The lowest BCUT2D eigenvalue weighted by atomic mass is 10.1. The van der Waals surface area contributed by atoms with Crippen LogP contribution in [0.25, 0.3) is 0 Å². The fraction of sp³-hybridized carbons (Fsp3) is 0.700. The number of unbranched alkanes of at least 4 members (excludes halogenated alkanes) is 7. The minimum atomic E-state index is -0.0261. The second kappa shape index (κ2) is 17.0. The number of thioether (sulfide) groups is 1. The third kappa shape index (κ3) is 13.8. The molecular formula is C20H36N4OS. The van der Waals surface area contributed by atoms with Gasteiger partial charge in [0, 0.05) is 31.2 Å². The van der Waals surface area contributed by atoms with Gasteiger partial charge < -0.3 is 15.6 Å². The monoisotopic (exact) mass is 380 g/mol. The summed E-state index contributed by atoms with van der Waals surface area (Å²) in [7, 11) is 0. The summed E-state index contributed by atoms with van der Waals surface area (Å²) in [6.45, 7) is 3.71. The van der Waals surface area contributed by atoms with Crippen LogP contribution >= 0.6 is 11.8 Å². The summed E-state index contributed by atoms with van der Waals surface area (Å²) in [6.07, 6.45) is 19.9. The van der Waals surface area contributed by atoms with Crippen LogP contribution in [-0.2, 0) is 0 Å².